The highest BCUT2D eigenvalue weighted by atomic mass is 16.2. The summed E-state index contributed by atoms with van der Waals surface area (Å²) in [5, 5.41) is 0. The summed E-state index contributed by atoms with van der Waals surface area (Å²) in [7, 11) is 1.89. The van der Waals surface area contributed by atoms with Crippen LogP contribution >= 0.6 is 0 Å². The van der Waals surface area contributed by atoms with E-state index in [1.807, 2.05) is 59.3 Å². The standard InChI is InChI=1S/C24H28N2O2/c1-18-24(13-7-15-25(2)23(24)28)14-8-16-26(18)22(27)21-12-6-11-20(17-21)19-9-4-3-5-10-19/h3-6,9-12,17-18H,7-8,13-16H2,1-2H3/t18-,24-/m0/s1. The van der Waals surface area contributed by atoms with Gasteiger partial charge in [-0.15, -0.1) is 0 Å². The van der Waals surface area contributed by atoms with E-state index in [-0.39, 0.29) is 17.9 Å². The zero-order valence-electron chi connectivity index (χ0n) is 16.7. The lowest BCUT2D eigenvalue weighted by Crippen LogP contribution is -2.61. The van der Waals surface area contributed by atoms with E-state index in [4.69, 9.17) is 0 Å². The first-order valence-electron chi connectivity index (χ1n) is 10.2. The molecule has 0 bridgehead atoms. The molecule has 2 atom stereocenters. The van der Waals surface area contributed by atoms with Gasteiger partial charge < -0.3 is 9.80 Å². The summed E-state index contributed by atoms with van der Waals surface area (Å²) in [5.74, 6) is 0.243. The Hall–Kier alpha value is -2.62. The zero-order chi connectivity index (χ0) is 19.7. The van der Waals surface area contributed by atoms with Crippen molar-refractivity contribution < 1.29 is 9.59 Å². The number of carbonyl (C=O) groups is 2. The smallest absolute Gasteiger partial charge is 0.254 e. The lowest BCUT2D eigenvalue weighted by atomic mass is 9.68. The van der Waals surface area contributed by atoms with E-state index in [0.29, 0.717) is 12.1 Å². The Morgan fingerprint density at radius 3 is 2.39 bits per heavy atom. The first-order valence-corrected chi connectivity index (χ1v) is 10.2. The van der Waals surface area contributed by atoms with Gasteiger partial charge in [0.1, 0.15) is 0 Å². The Morgan fingerprint density at radius 1 is 0.964 bits per heavy atom. The molecule has 0 unspecified atom stereocenters. The van der Waals surface area contributed by atoms with Gasteiger partial charge in [-0.05, 0) is 55.9 Å². The molecule has 2 aromatic rings. The molecule has 0 aliphatic carbocycles. The molecular weight excluding hydrogens is 348 g/mol. The van der Waals surface area contributed by atoms with Gasteiger partial charge in [0.05, 0.1) is 5.41 Å². The van der Waals surface area contributed by atoms with Crippen molar-refractivity contribution in [1.29, 1.82) is 0 Å². The molecule has 0 aromatic heterocycles. The van der Waals surface area contributed by atoms with E-state index in [1.54, 1.807) is 0 Å². The Bertz CT molecular complexity index is 875. The number of hydrogen-bond acceptors (Lipinski definition) is 2. The predicted molar refractivity (Wildman–Crippen MR) is 111 cm³/mol. The van der Waals surface area contributed by atoms with Crippen molar-refractivity contribution in [3.05, 3.63) is 60.2 Å². The predicted octanol–water partition coefficient (Wildman–Crippen LogP) is 4.22. The fourth-order valence-electron chi connectivity index (χ4n) is 5.01. The van der Waals surface area contributed by atoms with E-state index in [9.17, 15) is 9.59 Å². The van der Waals surface area contributed by atoms with Crippen molar-refractivity contribution in [2.45, 2.75) is 38.6 Å². The Balaban J connectivity index is 1.62. The average Bonchev–Trinajstić information content (AvgIpc) is 2.74. The van der Waals surface area contributed by atoms with Crippen molar-refractivity contribution in [2.75, 3.05) is 20.1 Å². The van der Waals surface area contributed by atoms with E-state index in [0.717, 1.165) is 43.4 Å². The van der Waals surface area contributed by atoms with Gasteiger partial charge in [0, 0.05) is 31.7 Å². The van der Waals surface area contributed by atoms with Crippen LogP contribution in [0.5, 0.6) is 0 Å². The number of hydrogen-bond donors (Lipinski definition) is 0. The molecule has 2 fully saturated rings. The molecule has 2 saturated heterocycles. The van der Waals surface area contributed by atoms with Crippen LogP contribution in [0.4, 0.5) is 0 Å². The Morgan fingerprint density at radius 2 is 1.64 bits per heavy atom. The van der Waals surface area contributed by atoms with Gasteiger partial charge in [0.2, 0.25) is 5.91 Å². The first-order chi connectivity index (χ1) is 13.5. The van der Waals surface area contributed by atoms with Crippen LogP contribution in [0.1, 0.15) is 43.0 Å². The number of likely N-dealkylation sites (tertiary alicyclic amines) is 2. The SMILES string of the molecule is C[C@@H]1N(C(=O)c2cccc(-c3ccccc3)c2)CCC[C@@]12CCCN(C)C2=O. The van der Waals surface area contributed by atoms with E-state index < -0.39 is 5.41 Å². The molecule has 1 spiro atoms. The minimum atomic E-state index is -0.419. The third-order valence-corrected chi connectivity index (χ3v) is 6.66. The van der Waals surface area contributed by atoms with E-state index in [1.165, 1.54) is 0 Å². The first kappa shape index (κ1) is 18.7. The van der Waals surface area contributed by atoms with Crippen molar-refractivity contribution in [2.24, 2.45) is 5.41 Å². The maximum atomic E-state index is 13.4. The summed E-state index contributed by atoms with van der Waals surface area (Å²) in [6.45, 7) is 3.60. The fourth-order valence-corrected chi connectivity index (χ4v) is 5.01. The molecule has 2 heterocycles. The quantitative estimate of drug-likeness (QED) is 0.787. The number of carbonyl (C=O) groups excluding carboxylic acids is 2. The summed E-state index contributed by atoms with van der Waals surface area (Å²) >= 11 is 0. The second-order valence-electron chi connectivity index (χ2n) is 8.21. The summed E-state index contributed by atoms with van der Waals surface area (Å²) < 4.78 is 0. The largest absolute Gasteiger partial charge is 0.345 e. The molecule has 2 aromatic carbocycles. The minimum absolute atomic E-state index is 0.0328. The van der Waals surface area contributed by atoms with Crippen LogP contribution in [-0.2, 0) is 4.79 Å². The van der Waals surface area contributed by atoms with Crippen LogP contribution in [0.2, 0.25) is 0 Å². The van der Waals surface area contributed by atoms with Crippen molar-refractivity contribution in [3.63, 3.8) is 0 Å². The summed E-state index contributed by atoms with van der Waals surface area (Å²) in [4.78, 5) is 30.2. The normalized spacial score (nSPS) is 25.2. The molecule has 4 rings (SSSR count). The third kappa shape index (κ3) is 3.11. The van der Waals surface area contributed by atoms with Crippen LogP contribution < -0.4 is 0 Å². The van der Waals surface area contributed by atoms with Gasteiger partial charge >= 0.3 is 0 Å². The molecule has 2 aliphatic rings. The second kappa shape index (κ2) is 7.42. The molecular formula is C24H28N2O2. The second-order valence-corrected chi connectivity index (χ2v) is 8.21. The van der Waals surface area contributed by atoms with Crippen LogP contribution in [-0.4, -0.2) is 47.8 Å². The molecule has 2 amide bonds. The summed E-state index contributed by atoms with van der Waals surface area (Å²) in [6, 6.07) is 17.9. The van der Waals surface area contributed by atoms with Gasteiger partial charge in [0.15, 0.2) is 0 Å². The molecule has 146 valence electrons. The molecule has 28 heavy (non-hydrogen) atoms. The number of rotatable bonds is 2. The third-order valence-electron chi connectivity index (χ3n) is 6.66. The molecule has 0 saturated carbocycles. The van der Waals surface area contributed by atoms with Crippen LogP contribution in [0.25, 0.3) is 11.1 Å². The van der Waals surface area contributed by atoms with Gasteiger partial charge in [-0.2, -0.15) is 0 Å². The van der Waals surface area contributed by atoms with Gasteiger partial charge in [-0.25, -0.2) is 0 Å². The molecule has 0 N–H and O–H groups in total. The molecule has 2 aliphatic heterocycles. The Labute approximate surface area is 167 Å². The molecule has 4 nitrogen and oxygen atoms in total. The molecule has 0 radical (unpaired) electrons. The number of amides is 2. The van der Waals surface area contributed by atoms with Crippen LogP contribution in [0.3, 0.4) is 0 Å². The fraction of sp³-hybridized carbons (Fsp3) is 0.417. The number of piperidine rings is 2. The Kier molecular flexibility index (Phi) is 4.96. The van der Waals surface area contributed by atoms with Crippen molar-refractivity contribution in [3.8, 4) is 11.1 Å². The van der Waals surface area contributed by atoms with Crippen LogP contribution in [0, 0.1) is 5.41 Å². The molecule has 4 heteroatoms. The maximum Gasteiger partial charge on any atom is 0.254 e. The number of benzene rings is 2. The van der Waals surface area contributed by atoms with Crippen molar-refractivity contribution >= 4 is 11.8 Å². The maximum absolute atomic E-state index is 13.4. The summed E-state index contributed by atoms with van der Waals surface area (Å²) in [5.41, 5.74) is 2.42. The van der Waals surface area contributed by atoms with E-state index >= 15 is 0 Å². The lowest BCUT2D eigenvalue weighted by molar-refractivity contribution is -0.152. The highest BCUT2D eigenvalue weighted by molar-refractivity contribution is 5.96. The van der Waals surface area contributed by atoms with Crippen LogP contribution in [0.15, 0.2) is 54.6 Å². The highest BCUT2D eigenvalue weighted by Gasteiger charge is 2.51. The minimum Gasteiger partial charge on any atom is -0.345 e. The van der Waals surface area contributed by atoms with Gasteiger partial charge in [0.25, 0.3) is 5.91 Å². The highest BCUT2D eigenvalue weighted by Crippen LogP contribution is 2.44. The average molecular weight is 377 g/mol. The van der Waals surface area contributed by atoms with Crippen molar-refractivity contribution in [1.82, 2.24) is 9.80 Å². The lowest BCUT2D eigenvalue weighted by Gasteiger charge is -2.51. The van der Waals surface area contributed by atoms with E-state index in [2.05, 4.69) is 19.1 Å². The number of nitrogens with zero attached hydrogens (tertiary/aromatic N) is 2. The topological polar surface area (TPSA) is 40.6 Å². The van der Waals surface area contributed by atoms with Gasteiger partial charge in [-0.1, -0.05) is 42.5 Å². The zero-order valence-corrected chi connectivity index (χ0v) is 16.7. The van der Waals surface area contributed by atoms with Gasteiger partial charge in [-0.3, -0.25) is 9.59 Å². The summed E-state index contributed by atoms with van der Waals surface area (Å²) in [6.07, 6.45) is 3.66. The monoisotopic (exact) mass is 376 g/mol.